The van der Waals surface area contributed by atoms with Gasteiger partial charge in [-0.05, 0) is 69.9 Å². The Bertz CT molecular complexity index is 1400. The Morgan fingerprint density at radius 2 is 1.63 bits per heavy atom. The van der Waals surface area contributed by atoms with E-state index in [2.05, 4.69) is 42.2 Å². The van der Waals surface area contributed by atoms with E-state index < -0.39 is 0 Å². The average molecular weight is 388 g/mol. The van der Waals surface area contributed by atoms with E-state index in [4.69, 9.17) is 4.42 Å². The van der Waals surface area contributed by atoms with Crippen molar-refractivity contribution < 1.29 is 9.52 Å². The van der Waals surface area contributed by atoms with Gasteiger partial charge in [-0.1, -0.05) is 54.3 Å². The number of phenols is 1. The molecule has 0 aliphatic heterocycles. The smallest absolute Gasteiger partial charge is 0.133 e. The van der Waals surface area contributed by atoms with Gasteiger partial charge in [-0.3, -0.25) is 0 Å². The van der Waals surface area contributed by atoms with Crippen molar-refractivity contribution in [1.82, 2.24) is 0 Å². The summed E-state index contributed by atoms with van der Waals surface area (Å²) in [6.07, 6.45) is 3.09. The first-order chi connectivity index (χ1) is 14.7. The fourth-order valence-corrected chi connectivity index (χ4v) is 3.74. The molecule has 30 heavy (non-hydrogen) atoms. The van der Waals surface area contributed by atoms with Crippen LogP contribution in [0.15, 0.2) is 95.6 Å². The van der Waals surface area contributed by atoms with Gasteiger partial charge in [0.2, 0.25) is 0 Å². The van der Waals surface area contributed by atoms with Gasteiger partial charge in [0.05, 0.1) is 6.26 Å². The highest BCUT2D eigenvalue weighted by molar-refractivity contribution is 5.86. The van der Waals surface area contributed by atoms with Crippen molar-refractivity contribution in [3.8, 4) is 17.6 Å². The van der Waals surface area contributed by atoms with Crippen LogP contribution < -0.4 is 0 Å². The minimum atomic E-state index is 0.317. The third-order valence-electron chi connectivity index (χ3n) is 5.32. The second-order valence-electron chi connectivity index (χ2n) is 7.48. The fraction of sp³-hybridized carbons (Fsp3) is 0.0714. The number of fused-ring (bicyclic) bond motifs is 2. The summed E-state index contributed by atoms with van der Waals surface area (Å²) in [7, 11) is 0. The molecule has 0 aliphatic rings. The number of rotatable bonds is 3. The molecular formula is C28H20O2. The van der Waals surface area contributed by atoms with E-state index in [1.807, 2.05) is 54.6 Å². The maximum absolute atomic E-state index is 10.5. The van der Waals surface area contributed by atoms with Crippen LogP contribution in [0, 0.1) is 11.8 Å². The molecule has 0 radical (unpaired) electrons. The van der Waals surface area contributed by atoms with Crippen LogP contribution in [0.1, 0.15) is 22.3 Å². The summed E-state index contributed by atoms with van der Waals surface area (Å²) in [5.74, 6) is 6.84. The summed E-state index contributed by atoms with van der Waals surface area (Å²) in [6, 6.07) is 28.4. The molecule has 1 aromatic heterocycles. The van der Waals surface area contributed by atoms with Crippen molar-refractivity contribution in [2.24, 2.45) is 0 Å². The molecule has 5 aromatic rings. The average Bonchev–Trinajstić information content (AvgIpc) is 3.23. The van der Waals surface area contributed by atoms with Gasteiger partial charge < -0.3 is 9.52 Å². The van der Waals surface area contributed by atoms with E-state index >= 15 is 0 Å². The lowest BCUT2D eigenvalue weighted by atomic mass is 9.98. The maximum atomic E-state index is 10.5. The lowest BCUT2D eigenvalue weighted by Crippen LogP contribution is -1.90. The third kappa shape index (κ3) is 3.79. The summed E-state index contributed by atoms with van der Waals surface area (Å²) in [4.78, 5) is 0. The van der Waals surface area contributed by atoms with Gasteiger partial charge in [0, 0.05) is 23.8 Å². The molecular weight excluding hydrogens is 368 g/mol. The van der Waals surface area contributed by atoms with Crippen LogP contribution in [0.25, 0.3) is 21.7 Å². The van der Waals surface area contributed by atoms with Gasteiger partial charge in [-0.15, -0.1) is 0 Å². The molecule has 0 bridgehead atoms. The minimum absolute atomic E-state index is 0.317. The summed E-state index contributed by atoms with van der Waals surface area (Å²) in [5.41, 5.74) is 5.11. The molecule has 4 aromatic carbocycles. The molecule has 0 amide bonds. The van der Waals surface area contributed by atoms with E-state index in [0.29, 0.717) is 12.2 Å². The van der Waals surface area contributed by atoms with E-state index in [-0.39, 0.29) is 0 Å². The zero-order valence-electron chi connectivity index (χ0n) is 16.4. The third-order valence-corrected chi connectivity index (χ3v) is 5.32. The Labute approximate surface area is 175 Å². The number of hydrogen-bond donors (Lipinski definition) is 1. The highest BCUT2D eigenvalue weighted by atomic mass is 16.3. The largest absolute Gasteiger partial charge is 0.508 e. The SMILES string of the molecule is Oc1cc2ccc(C#CCc3ccccc3)cc2cc1Cc1ccc2occc2c1. The van der Waals surface area contributed by atoms with E-state index in [1.165, 1.54) is 5.56 Å². The molecule has 0 fully saturated rings. The van der Waals surface area contributed by atoms with Gasteiger partial charge in [0.15, 0.2) is 0 Å². The number of hydrogen-bond acceptors (Lipinski definition) is 2. The van der Waals surface area contributed by atoms with Gasteiger partial charge in [0.1, 0.15) is 11.3 Å². The van der Waals surface area contributed by atoms with Gasteiger partial charge in [-0.25, -0.2) is 0 Å². The first kappa shape index (κ1) is 18.1. The molecule has 0 saturated heterocycles. The lowest BCUT2D eigenvalue weighted by Gasteiger charge is -2.08. The number of benzene rings is 4. The van der Waals surface area contributed by atoms with Crippen LogP contribution in [0.2, 0.25) is 0 Å². The maximum Gasteiger partial charge on any atom is 0.133 e. The van der Waals surface area contributed by atoms with Gasteiger partial charge in [-0.2, -0.15) is 0 Å². The molecule has 2 heteroatoms. The van der Waals surface area contributed by atoms with Gasteiger partial charge in [0.25, 0.3) is 0 Å². The first-order valence-corrected chi connectivity index (χ1v) is 9.99. The molecule has 0 spiro atoms. The molecule has 2 nitrogen and oxygen atoms in total. The predicted octanol–water partition coefficient (Wildman–Crippen LogP) is 6.48. The van der Waals surface area contributed by atoms with E-state index in [9.17, 15) is 5.11 Å². The summed E-state index contributed by atoms with van der Waals surface area (Å²) in [5, 5.41) is 13.7. The molecule has 0 atom stereocenters. The van der Waals surface area contributed by atoms with Crippen molar-refractivity contribution in [2.45, 2.75) is 12.8 Å². The van der Waals surface area contributed by atoms with Crippen LogP contribution in [0.5, 0.6) is 5.75 Å². The quantitative estimate of drug-likeness (QED) is 0.359. The molecule has 1 N–H and O–H groups in total. The van der Waals surface area contributed by atoms with Crippen molar-refractivity contribution in [2.75, 3.05) is 0 Å². The van der Waals surface area contributed by atoms with E-state index in [1.54, 1.807) is 6.26 Å². The van der Waals surface area contributed by atoms with Crippen molar-refractivity contribution in [1.29, 1.82) is 0 Å². The summed E-state index contributed by atoms with van der Waals surface area (Å²) < 4.78 is 5.42. The zero-order chi connectivity index (χ0) is 20.3. The topological polar surface area (TPSA) is 33.4 Å². The molecule has 1 heterocycles. The number of phenolic OH excluding ortho intramolecular Hbond substituents is 1. The van der Waals surface area contributed by atoms with Crippen LogP contribution in [0.3, 0.4) is 0 Å². The minimum Gasteiger partial charge on any atom is -0.508 e. The Kier molecular flexibility index (Phi) is 4.71. The highest BCUT2D eigenvalue weighted by Gasteiger charge is 2.07. The van der Waals surface area contributed by atoms with E-state index in [0.717, 1.165) is 44.9 Å². The van der Waals surface area contributed by atoms with Crippen LogP contribution in [0.4, 0.5) is 0 Å². The van der Waals surface area contributed by atoms with Gasteiger partial charge >= 0.3 is 0 Å². The van der Waals surface area contributed by atoms with Crippen LogP contribution in [-0.2, 0) is 12.8 Å². The Balaban J connectivity index is 1.42. The standard InChI is InChI=1S/C28H20O2/c29-27-19-23-11-9-21(8-4-7-20-5-2-1-3-6-20)15-25(23)18-26(27)17-22-10-12-28-24(16-22)13-14-30-28/h1-3,5-6,9-16,18-19,29H,7,17H2. The van der Waals surface area contributed by atoms with Crippen molar-refractivity contribution in [3.05, 3.63) is 113 Å². The summed E-state index contributed by atoms with van der Waals surface area (Å²) >= 11 is 0. The van der Waals surface area contributed by atoms with Crippen molar-refractivity contribution >= 4 is 21.7 Å². The first-order valence-electron chi connectivity index (χ1n) is 9.99. The monoisotopic (exact) mass is 388 g/mol. The number of furan rings is 1. The molecule has 5 rings (SSSR count). The van der Waals surface area contributed by atoms with Crippen LogP contribution in [-0.4, -0.2) is 5.11 Å². The second kappa shape index (κ2) is 7.81. The predicted molar refractivity (Wildman–Crippen MR) is 122 cm³/mol. The van der Waals surface area contributed by atoms with Crippen molar-refractivity contribution in [3.63, 3.8) is 0 Å². The van der Waals surface area contributed by atoms with Crippen LogP contribution >= 0.6 is 0 Å². The molecule has 0 aliphatic carbocycles. The fourth-order valence-electron chi connectivity index (χ4n) is 3.74. The Morgan fingerprint density at radius 1 is 0.733 bits per heavy atom. The normalized spacial score (nSPS) is 10.8. The Morgan fingerprint density at radius 3 is 2.53 bits per heavy atom. The summed E-state index contributed by atoms with van der Waals surface area (Å²) in [6.45, 7) is 0. The second-order valence-corrected chi connectivity index (χ2v) is 7.48. The number of aromatic hydroxyl groups is 1. The molecule has 0 saturated carbocycles. The zero-order valence-corrected chi connectivity index (χ0v) is 16.4. The Hall–Kier alpha value is -3.96. The highest BCUT2D eigenvalue weighted by Crippen LogP contribution is 2.28. The lowest BCUT2D eigenvalue weighted by molar-refractivity contribution is 0.470. The molecule has 0 unspecified atom stereocenters. The molecule has 144 valence electrons.